The molecular weight excluding hydrogens is 192 g/mol. The Morgan fingerprint density at radius 1 is 1.40 bits per heavy atom. The van der Waals surface area contributed by atoms with Crippen LogP contribution in [0.5, 0.6) is 0 Å². The van der Waals surface area contributed by atoms with Crippen molar-refractivity contribution < 1.29 is 14.6 Å². The fourth-order valence-corrected chi connectivity index (χ4v) is 1.24. The molecule has 0 atom stereocenters. The summed E-state index contributed by atoms with van der Waals surface area (Å²) < 4.78 is 4.40. The van der Waals surface area contributed by atoms with E-state index in [1.165, 1.54) is 0 Å². The molecule has 0 aliphatic carbocycles. The van der Waals surface area contributed by atoms with Gasteiger partial charge in [-0.2, -0.15) is 0 Å². The van der Waals surface area contributed by atoms with Crippen LogP contribution >= 0.6 is 0 Å². The van der Waals surface area contributed by atoms with Crippen molar-refractivity contribution in [1.29, 1.82) is 0 Å². The van der Waals surface area contributed by atoms with Crippen LogP contribution in [-0.2, 0) is 4.74 Å². The number of rotatable bonds is 4. The van der Waals surface area contributed by atoms with Crippen LogP contribution in [0.25, 0.3) is 5.57 Å². The molecule has 0 spiro atoms. The maximum atomic E-state index is 10.1. The van der Waals surface area contributed by atoms with Crippen molar-refractivity contribution in [2.45, 2.75) is 13.3 Å². The van der Waals surface area contributed by atoms with Crippen LogP contribution in [0.1, 0.15) is 18.9 Å². The summed E-state index contributed by atoms with van der Waals surface area (Å²) in [7, 11) is 0. The molecule has 0 saturated heterocycles. The van der Waals surface area contributed by atoms with Gasteiger partial charge < -0.3 is 9.84 Å². The highest BCUT2D eigenvalue weighted by Crippen LogP contribution is 2.13. The monoisotopic (exact) mass is 206 g/mol. The van der Waals surface area contributed by atoms with Gasteiger partial charge >= 0.3 is 6.16 Å². The van der Waals surface area contributed by atoms with Crippen molar-refractivity contribution in [2.75, 3.05) is 6.61 Å². The molecule has 1 N–H and O–H groups in total. The predicted molar refractivity (Wildman–Crippen MR) is 58.7 cm³/mol. The molecule has 80 valence electrons. The Morgan fingerprint density at radius 2 is 2.07 bits per heavy atom. The fourth-order valence-electron chi connectivity index (χ4n) is 1.24. The van der Waals surface area contributed by atoms with Gasteiger partial charge in [0.25, 0.3) is 0 Å². The summed E-state index contributed by atoms with van der Waals surface area (Å²) in [5, 5.41) is 8.25. The van der Waals surface area contributed by atoms with E-state index in [9.17, 15) is 4.79 Å². The van der Waals surface area contributed by atoms with Gasteiger partial charge in [-0.3, -0.25) is 0 Å². The summed E-state index contributed by atoms with van der Waals surface area (Å²) in [6.45, 7) is 2.20. The molecule has 0 amide bonds. The Morgan fingerprint density at radius 3 is 2.67 bits per heavy atom. The lowest BCUT2D eigenvalue weighted by molar-refractivity contribution is 0.0933. The third-order valence-electron chi connectivity index (χ3n) is 2.02. The van der Waals surface area contributed by atoms with Crippen molar-refractivity contribution in [3.63, 3.8) is 0 Å². The number of allylic oxidation sites excluding steroid dienone is 1. The minimum absolute atomic E-state index is 0.208. The van der Waals surface area contributed by atoms with Crippen molar-refractivity contribution in [1.82, 2.24) is 0 Å². The largest absolute Gasteiger partial charge is 0.505 e. The van der Waals surface area contributed by atoms with Gasteiger partial charge in [0.15, 0.2) is 0 Å². The lowest BCUT2D eigenvalue weighted by atomic mass is 10.1. The SMILES string of the molecule is CC(=CCCOC(=O)O)c1ccccc1. The number of benzene rings is 1. The van der Waals surface area contributed by atoms with E-state index in [0.717, 1.165) is 11.1 Å². The van der Waals surface area contributed by atoms with E-state index in [0.29, 0.717) is 6.42 Å². The van der Waals surface area contributed by atoms with Crippen LogP contribution in [0.15, 0.2) is 36.4 Å². The summed E-state index contributed by atoms with van der Waals surface area (Å²) in [5.74, 6) is 0. The minimum atomic E-state index is -1.22. The molecule has 0 aliphatic rings. The molecule has 0 aliphatic heterocycles. The summed E-state index contributed by atoms with van der Waals surface area (Å²) >= 11 is 0. The molecule has 15 heavy (non-hydrogen) atoms. The summed E-state index contributed by atoms with van der Waals surface area (Å²) in [6.07, 6.45) is 1.35. The van der Waals surface area contributed by atoms with Gasteiger partial charge in [0.1, 0.15) is 0 Å². The quantitative estimate of drug-likeness (QED) is 0.608. The Balaban J connectivity index is 2.43. The molecular formula is C12H14O3. The number of carboxylic acid groups (broad SMARTS) is 1. The van der Waals surface area contributed by atoms with E-state index in [-0.39, 0.29) is 6.61 Å². The number of hydrogen-bond acceptors (Lipinski definition) is 2. The Bertz CT molecular complexity index is 341. The molecule has 0 unspecified atom stereocenters. The van der Waals surface area contributed by atoms with Gasteiger partial charge in [-0.25, -0.2) is 4.79 Å². The van der Waals surface area contributed by atoms with E-state index in [1.54, 1.807) is 0 Å². The molecule has 3 nitrogen and oxygen atoms in total. The third kappa shape index (κ3) is 4.31. The third-order valence-corrected chi connectivity index (χ3v) is 2.02. The molecule has 0 bridgehead atoms. The maximum Gasteiger partial charge on any atom is 0.505 e. The molecule has 0 aromatic heterocycles. The number of ether oxygens (including phenoxy) is 1. The smallest absolute Gasteiger partial charge is 0.450 e. The van der Waals surface area contributed by atoms with E-state index in [4.69, 9.17) is 5.11 Å². The van der Waals surface area contributed by atoms with Crippen molar-refractivity contribution in [3.05, 3.63) is 42.0 Å². The lowest BCUT2D eigenvalue weighted by Gasteiger charge is -2.01. The second kappa shape index (κ2) is 5.86. The van der Waals surface area contributed by atoms with Crippen molar-refractivity contribution in [3.8, 4) is 0 Å². The standard InChI is InChI=1S/C12H14O3/c1-10(6-5-9-15-12(13)14)11-7-3-2-4-8-11/h2-4,6-8H,5,9H2,1H3,(H,13,14). The first kappa shape index (κ1) is 11.3. The topological polar surface area (TPSA) is 46.5 Å². The summed E-state index contributed by atoms with van der Waals surface area (Å²) in [5.41, 5.74) is 2.28. The first-order chi connectivity index (χ1) is 7.20. The van der Waals surface area contributed by atoms with Crippen LogP contribution in [0.4, 0.5) is 4.79 Å². The number of hydrogen-bond donors (Lipinski definition) is 1. The van der Waals surface area contributed by atoms with E-state index < -0.39 is 6.16 Å². The zero-order valence-electron chi connectivity index (χ0n) is 8.64. The van der Waals surface area contributed by atoms with Gasteiger partial charge in [-0.1, -0.05) is 36.4 Å². The second-order valence-corrected chi connectivity index (χ2v) is 3.16. The average Bonchev–Trinajstić information content (AvgIpc) is 2.25. The first-order valence-electron chi connectivity index (χ1n) is 4.78. The van der Waals surface area contributed by atoms with Crippen LogP contribution in [0, 0.1) is 0 Å². The van der Waals surface area contributed by atoms with Gasteiger partial charge in [-0.05, 0) is 18.1 Å². The zero-order valence-corrected chi connectivity index (χ0v) is 8.64. The number of carbonyl (C=O) groups is 1. The molecule has 1 aromatic carbocycles. The highest BCUT2D eigenvalue weighted by Gasteiger charge is 1.95. The molecule has 1 aromatic rings. The van der Waals surface area contributed by atoms with Gasteiger partial charge in [0.2, 0.25) is 0 Å². The van der Waals surface area contributed by atoms with E-state index in [1.807, 2.05) is 43.3 Å². The van der Waals surface area contributed by atoms with Crippen LogP contribution in [0.3, 0.4) is 0 Å². The highest BCUT2D eigenvalue weighted by atomic mass is 16.7. The molecule has 1 rings (SSSR count). The minimum Gasteiger partial charge on any atom is -0.450 e. The molecule has 3 heteroatoms. The normalized spacial score (nSPS) is 11.1. The van der Waals surface area contributed by atoms with Crippen LogP contribution < -0.4 is 0 Å². The van der Waals surface area contributed by atoms with Gasteiger partial charge in [0, 0.05) is 6.42 Å². The second-order valence-electron chi connectivity index (χ2n) is 3.16. The van der Waals surface area contributed by atoms with E-state index >= 15 is 0 Å². The molecule has 0 fully saturated rings. The Hall–Kier alpha value is -1.77. The zero-order chi connectivity index (χ0) is 11.1. The molecule has 0 heterocycles. The summed E-state index contributed by atoms with van der Waals surface area (Å²) in [6, 6.07) is 9.94. The van der Waals surface area contributed by atoms with Crippen molar-refractivity contribution in [2.24, 2.45) is 0 Å². The summed E-state index contributed by atoms with van der Waals surface area (Å²) in [4.78, 5) is 10.1. The average molecular weight is 206 g/mol. The van der Waals surface area contributed by atoms with Crippen LogP contribution in [-0.4, -0.2) is 17.9 Å². The van der Waals surface area contributed by atoms with Gasteiger partial charge in [0.05, 0.1) is 6.61 Å². The highest BCUT2D eigenvalue weighted by molar-refractivity contribution is 5.63. The van der Waals surface area contributed by atoms with Crippen molar-refractivity contribution >= 4 is 11.7 Å². The van der Waals surface area contributed by atoms with Crippen LogP contribution in [0.2, 0.25) is 0 Å². The Labute approximate surface area is 89.0 Å². The first-order valence-corrected chi connectivity index (χ1v) is 4.78. The fraction of sp³-hybridized carbons (Fsp3) is 0.250. The Kier molecular flexibility index (Phi) is 4.41. The predicted octanol–water partition coefficient (Wildman–Crippen LogP) is 3.17. The lowest BCUT2D eigenvalue weighted by Crippen LogP contribution is -2.00. The van der Waals surface area contributed by atoms with Gasteiger partial charge in [-0.15, -0.1) is 0 Å². The molecule has 0 saturated carbocycles. The van der Waals surface area contributed by atoms with E-state index in [2.05, 4.69) is 4.74 Å². The molecule has 0 radical (unpaired) electrons. The maximum absolute atomic E-state index is 10.1.